The zero-order valence-corrected chi connectivity index (χ0v) is 14.7. The Kier molecular flexibility index (Phi) is 5.82. The Balaban J connectivity index is 2.34. The molecule has 0 radical (unpaired) electrons. The van der Waals surface area contributed by atoms with E-state index in [0.29, 0.717) is 16.3 Å². The maximum absolute atomic E-state index is 12.3. The van der Waals surface area contributed by atoms with Crippen LogP contribution in [0.2, 0.25) is 5.02 Å². The summed E-state index contributed by atoms with van der Waals surface area (Å²) in [6, 6.07) is 10.6. The van der Waals surface area contributed by atoms with Crippen molar-refractivity contribution < 1.29 is 17.9 Å². The van der Waals surface area contributed by atoms with Gasteiger partial charge in [0.25, 0.3) is 5.91 Å². The van der Waals surface area contributed by atoms with Gasteiger partial charge in [0.15, 0.2) is 0 Å². The van der Waals surface area contributed by atoms with Gasteiger partial charge in [-0.15, -0.1) is 0 Å². The highest BCUT2D eigenvalue weighted by Crippen LogP contribution is 2.28. The van der Waals surface area contributed by atoms with Gasteiger partial charge >= 0.3 is 0 Å². The molecule has 6 nitrogen and oxygen atoms in total. The fourth-order valence-corrected chi connectivity index (χ4v) is 3.21. The number of hydrogen-bond donors (Lipinski definition) is 2. The number of halogens is 1. The number of benzene rings is 2. The molecule has 0 saturated heterocycles. The van der Waals surface area contributed by atoms with Crippen molar-refractivity contribution in [3.63, 3.8) is 0 Å². The summed E-state index contributed by atoms with van der Waals surface area (Å²) in [7, 11) is -2.20. The van der Waals surface area contributed by atoms with Crippen LogP contribution in [0.1, 0.15) is 17.3 Å². The molecule has 2 rings (SSSR count). The summed E-state index contributed by atoms with van der Waals surface area (Å²) in [6.07, 6.45) is 0. The van der Waals surface area contributed by atoms with E-state index in [1.807, 2.05) is 0 Å². The lowest BCUT2D eigenvalue weighted by Crippen LogP contribution is -2.23. The third-order valence-corrected chi connectivity index (χ3v) is 4.97. The van der Waals surface area contributed by atoms with E-state index >= 15 is 0 Å². The fraction of sp³-hybridized carbons (Fsp3) is 0.188. The molecule has 0 saturated carbocycles. The molecule has 0 atom stereocenters. The highest BCUT2D eigenvalue weighted by molar-refractivity contribution is 7.89. The molecule has 0 spiro atoms. The second kappa shape index (κ2) is 7.65. The van der Waals surface area contributed by atoms with Crippen molar-refractivity contribution in [2.24, 2.45) is 0 Å². The Hall–Kier alpha value is -2.09. The number of anilines is 1. The topological polar surface area (TPSA) is 84.5 Å². The molecular weight excluding hydrogens is 352 g/mol. The number of hydrogen-bond acceptors (Lipinski definition) is 4. The van der Waals surface area contributed by atoms with Crippen molar-refractivity contribution in [3.8, 4) is 5.75 Å². The molecule has 0 aliphatic heterocycles. The summed E-state index contributed by atoms with van der Waals surface area (Å²) in [6.45, 7) is 1.95. The second-order valence-corrected chi connectivity index (χ2v) is 7.03. The Labute approximate surface area is 145 Å². The van der Waals surface area contributed by atoms with Crippen LogP contribution in [0.5, 0.6) is 5.75 Å². The highest BCUT2D eigenvalue weighted by atomic mass is 35.5. The zero-order chi connectivity index (χ0) is 17.7. The molecule has 2 aromatic rings. The number of nitrogens with one attached hydrogen (secondary N) is 2. The molecule has 0 heterocycles. The summed E-state index contributed by atoms with van der Waals surface area (Å²) >= 11 is 5.80. The predicted octanol–water partition coefficient (Wildman–Crippen LogP) is 2.90. The van der Waals surface area contributed by atoms with Crippen LogP contribution in [-0.2, 0) is 10.0 Å². The number of rotatable bonds is 6. The van der Waals surface area contributed by atoms with E-state index in [4.69, 9.17) is 16.3 Å². The molecule has 0 aromatic heterocycles. The van der Waals surface area contributed by atoms with E-state index in [9.17, 15) is 13.2 Å². The molecule has 2 N–H and O–H groups in total. The Morgan fingerprint density at radius 2 is 1.83 bits per heavy atom. The van der Waals surface area contributed by atoms with Crippen molar-refractivity contribution in [2.75, 3.05) is 19.0 Å². The number of sulfonamides is 1. The van der Waals surface area contributed by atoms with Crippen LogP contribution in [0, 0.1) is 0 Å². The molecular formula is C16H17ClN2O4S. The molecule has 128 valence electrons. The maximum Gasteiger partial charge on any atom is 0.255 e. The number of carbonyl (C=O) groups excluding carboxylic acids is 1. The van der Waals surface area contributed by atoms with Gasteiger partial charge in [-0.05, 0) is 42.5 Å². The monoisotopic (exact) mass is 368 g/mol. The normalized spacial score (nSPS) is 11.1. The SMILES string of the molecule is CCNS(=O)(=O)c1ccc(OC)c(NC(=O)c2ccc(Cl)cc2)c1. The molecule has 24 heavy (non-hydrogen) atoms. The van der Waals surface area contributed by atoms with Gasteiger partial charge in [-0.1, -0.05) is 18.5 Å². The lowest BCUT2D eigenvalue weighted by atomic mass is 10.2. The largest absolute Gasteiger partial charge is 0.495 e. The minimum absolute atomic E-state index is 0.0385. The average molecular weight is 369 g/mol. The first-order valence-electron chi connectivity index (χ1n) is 7.12. The second-order valence-electron chi connectivity index (χ2n) is 4.82. The fourth-order valence-electron chi connectivity index (χ4n) is 2.02. The van der Waals surface area contributed by atoms with Crippen molar-refractivity contribution in [1.29, 1.82) is 0 Å². The van der Waals surface area contributed by atoms with Crippen LogP contribution in [0.15, 0.2) is 47.4 Å². The molecule has 2 aromatic carbocycles. The summed E-state index contributed by atoms with van der Waals surface area (Å²) < 4.78 is 31.8. The van der Waals surface area contributed by atoms with Crippen LogP contribution in [0.4, 0.5) is 5.69 Å². The van der Waals surface area contributed by atoms with Crippen molar-refractivity contribution in [1.82, 2.24) is 4.72 Å². The van der Waals surface area contributed by atoms with E-state index in [1.165, 1.54) is 25.3 Å². The molecule has 0 fully saturated rings. The zero-order valence-electron chi connectivity index (χ0n) is 13.2. The van der Waals surface area contributed by atoms with Crippen LogP contribution in [-0.4, -0.2) is 28.0 Å². The molecule has 0 aliphatic carbocycles. The first-order chi connectivity index (χ1) is 11.4. The van der Waals surface area contributed by atoms with Gasteiger partial charge in [0, 0.05) is 17.1 Å². The molecule has 0 bridgehead atoms. The first kappa shape index (κ1) is 18.3. The standard InChI is InChI=1S/C16H17ClN2O4S/c1-3-18-24(21,22)13-8-9-15(23-2)14(10-13)19-16(20)11-4-6-12(17)7-5-11/h4-10,18H,3H2,1-2H3,(H,19,20). The Morgan fingerprint density at radius 1 is 1.17 bits per heavy atom. The molecule has 1 amide bonds. The summed E-state index contributed by atoms with van der Waals surface area (Å²) in [4.78, 5) is 12.3. The summed E-state index contributed by atoms with van der Waals surface area (Å²) in [5.74, 6) is -0.0456. The third kappa shape index (κ3) is 4.25. The number of ether oxygens (including phenoxy) is 1. The van der Waals surface area contributed by atoms with Crippen LogP contribution < -0.4 is 14.8 Å². The van der Waals surface area contributed by atoms with Gasteiger partial charge in [-0.25, -0.2) is 13.1 Å². The van der Waals surface area contributed by atoms with E-state index in [0.717, 1.165) is 0 Å². The minimum Gasteiger partial charge on any atom is -0.495 e. The average Bonchev–Trinajstić information content (AvgIpc) is 2.55. The van der Waals surface area contributed by atoms with E-state index in [2.05, 4.69) is 10.0 Å². The van der Waals surface area contributed by atoms with Crippen LogP contribution in [0.3, 0.4) is 0 Å². The van der Waals surface area contributed by atoms with E-state index in [1.54, 1.807) is 31.2 Å². The lowest BCUT2D eigenvalue weighted by molar-refractivity contribution is 0.102. The summed E-state index contributed by atoms with van der Waals surface area (Å²) in [5.41, 5.74) is 0.651. The maximum atomic E-state index is 12.3. The van der Waals surface area contributed by atoms with Gasteiger partial charge in [-0.3, -0.25) is 4.79 Å². The van der Waals surface area contributed by atoms with Crippen LogP contribution in [0.25, 0.3) is 0 Å². The van der Waals surface area contributed by atoms with Crippen molar-refractivity contribution >= 4 is 33.2 Å². The van der Waals surface area contributed by atoms with Gasteiger partial charge in [0.2, 0.25) is 10.0 Å². The van der Waals surface area contributed by atoms with Crippen LogP contribution >= 0.6 is 11.6 Å². The number of amides is 1. The smallest absolute Gasteiger partial charge is 0.255 e. The highest BCUT2D eigenvalue weighted by Gasteiger charge is 2.17. The van der Waals surface area contributed by atoms with Crippen molar-refractivity contribution in [2.45, 2.75) is 11.8 Å². The van der Waals surface area contributed by atoms with Gasteiger partial charge in [-0.2, -0.15) is 0 Å². The Bertz CT molecular complexity index is 836. The predicted molar refractivity (Wildman–Crippen MR) is 93.3 cm³/mol. The quantitative estimate of drug-likeness (QED) is 0.821. The van der Waals surface area contributed by atoms with Gasteiger partial charge in [0.1, 0.15) is 5.75 Å². The van der Waals surface area contributed by atoms with Crippen molar-refractivity contribution in [3.05, 3.63) is 53.1 Å². The van der Waals surface area contributed by atoms with E-state index < -0.39 is 15.9 Å². The first-order valence-corrected chi connectivity index (χ1v) is 8.98. The van der Waals surface area contributed by atoms with Gasteiger partial charge < -0.3 is 10.1 Å². The molecule has 0 aliphatic rings. The number of carbonyl (C=O) groups is 1. The van der Waals surface area contributed by atoms with Gasteiger partial charge in [0.05, 0.1) is 17.7 Å². The number of methoxy groups -OCH3 is 1. The third-order valence-electron chi connectivity index (χ3n) is 3.17. The summed E-state index contributed by atoms with van der Waals surface area (Å²) in [5, 5.41) is 3.17. The molecule has 8 heteroatoms. The van der Waals surface area contributed by atoms with E-state index in [-0.39, 0.29) is 17.1 Å². The lowest BCUT2D eigenvalue weighted by Gasteiger charge is -2.12. The Morgan fingerprint density at radius 3 is 2.42 bits per heavy atom. The molecule has 0 unspecified atom stereocenters. The minimum atomic E-state index is -3.64.